The van der Waals surface area contributed by atoms with Crippen molar-refractivity contribution >= 4 is 6.09 Å². The van der Waals surface area contributed by atoms with Gasteiger partial charge in [-0.05, 0) is 23.6 Å². The second kappa shape index (κ2) is 7.63. The maximum atomic E-state index is 10.3. The Morgan fingerprint density at radius 1 is 1.37 bits per heavy atom. The van der Waals surface area contributed by atoms with Crippen LogP contribution in [0.2, 0.25) is 0 Å². The van der Waals surface area contributed by atoms with Crippen molar-refractivity contribution in [1.82, 2.24) is 5.32 Å². The van der Waals surface area contributed by atoms with Crippen molar-refractivity contribution in [1.29, 1.82) is 0 Å². The van der Waals surface area contributed by atoms with E-state index in [2.05, 4.69) is 19.2 Å². The quantitative estimate of drug-likeness (QED) is 0.709. The zero-order chi connectivity index (χ0) is 14.3. The number of benzene rings is 1. The van der Waals surface area contributed by atoms with Crippen LogP contribution in [0.15, 0.2) is 24.3 Å². The van der Waals surface area contributed by atoms with Gasteiger partial charge in [-0.25, -0.2) is 4.79 Å². The molecule has 0 bridgehead atoms. The van der Waals surface area contributed by atoms with Crippen molar-refractivity contribution in [2.45, 2.75) is 26.4 Å². The van der Waals surface area contributed by atoms with Crippen molar-refractivity contribution in [2.75, 3.05) is 13.2 Å². The normalized spacial score (nSPS) is 13.6. The summed E-state index contributed by atoms with van der Waals surface area (Å²) in [5.41, 5.74) is 0.657. The molecule has 0 aliphatic rings. The first-order valence-electron chi connectivity index (χ1n) is 6.40. The van der Waals surface area contributed by atoms with Gasteiger partial charge in [-0.2, -0.15) is 0 Å². The maximum absolute atomic E-state index is 10.3. The van der Waals surface area contributed by atoms with Crippen LogP contribution in [0.1, 0.15) is 31.9 Å². The summed E-state index contributed by atoms with van der Waals surface area (Å²) in [5.74, 6) is 1.26. The van der Waals surface area contributed by atoms with Crippen molar-refractivity contribution in [3.63, 3.8) is 0 Å². The lowest BCUT2D eigenvalue weighted by Gasteiger charge is -2.13. The van der Waals surface area contributed by atoms with E-state index < -0.39 is 12.2 Å². The van der Waals surface area contributed by atoms with E-state index in [0.29, 0.717) is 18.1 Å². The first-order valence-corrected chi connectivity index (χ1v) is 6.40. The summed E-state index contributed by atoms with van der Waals surface area (Å²) in [5, 5.41) is 20.3. The molecule has 0 aromatic heterocycles. The van der Waals surface area contributed by atoms with Crippen LogP contribution >= 0.6 is 0 Å². The fourth-order valence-electron chi connectivity index (χ4n) is 1.44. The molecule has 2 atom stereocenters. The third-order valence-electron chi connectivity index (χ3n) is 2.94. The summed E-state index contributed by atoms with van der Waals surface area (Å²) < 4.78 is 5.60. The monoisotopic (exact) mass is 267 g/mol. The largest absolute Gasteiger partial charge is 0.493 e. The molecule has 0 aliphatic carbocycles. The molecule has 1 amide bonds. The van der Waals surface area contributed by atoms with Gasteiger partial charge in [-0.1, -0.05) is 32.4 Å². The van der Waals surface area contributed by atoms with E-state index in [9.17, 15) is 9.90 Å². The Hall–Kier alpha value is -1.75. The predicted octanol–water partition coefficient (Wildman–Crippen LogP) is 2.41. The molecule has 3 N–H and O–H groups in total. The van der Waals surface area contributed by atoms with Gasteiger partial charge in [0, 0.05) is 0 Å². The summed E-state index contributed by atoms with van der Waals surface area (Å²) in [4.78, 5) is 10.3. The molecule has 0 fully saturated rings. The van der Waals surface area contributed by atoms with Crippen LogP contribution in [-0.4, -0.2) is 29.5 Å². The number of carboxylic acid groups (broad SMARTS) is 1. The molecule has 0 spiro atoms. The Morgan fingerprint density at radius 2 is 2.00 bits per heavy atom. The van der Waals surface area contributed by atoms with Crippen LogP contribution in [0.3, 0.4) is 0 Å². The second-order valence-corrected chi connectivity index (χ2v) is 4.60. The average molecular weight is 267 g/mol. The summed E-state index contributed by atoms with van der Waals surface area (Å²) in [6, 6.07) is 7.03. The first kappa shape index (κ1) is 15.3. The Kier molecular flexibility index (Phi) is 6.15. The Morgan fingerprint density at radius 3 is 2.53 bits per heavy atom. The lowest BCUT2D eigenvalue weighted by molar-refractivity contribution is 0.159. The maximum Gasteiger partial charge on any atom is 0.404 e. The molecule has 5 nitrogen and oxygen atoms in total. The molecule has 1 aromatic rings. The molecule has 0 aliphatic heterocycles. The van der Waals surface area contributed by atoms with Gasteiger partial charge in [-0.15, -0.1) is 0 Å². The van der Waals surface area contributed by atoms with Gasteiger partial charge in [-0.3, -0.25) is 0 Å². The van der Waals surface area contributed by atoms with Gasteiger partial charge in [0.1, 0.15) is 5.75 Å². The van der Waals surface area contributed by atoms with Gasteiger partial charge in [0.15, 0.2) is 0 Å². The lowest BCUT2D eigenvalue weighted by atomic mass is 10.1. The van der Waals surface area contributed by atoms with Crippen LogP contribution in [0.5, 0.6) is 5.75 Å². The number of rotatable bonds is 7. The Balaban J connectivity index is 2.48. The van der Waals surface area contributed by atoms with E-state index in [-0.39, 0.29) is 6.54 Å². The minimum absolute atomic E-state index is 0.0254. The fourth-order valence-corrected chi connectivity index (χ4v) is 1.44. The molecule has 0 unspecified atom stereocenters. The topological polar surface area (TPSA) is 78.8 Å². The third kappa shape index (κ3) is 5.61. The number of aliphatic hydroxyl groups excluding tert-OH is 1. The summed E-state index contributed by atoms with van der Waals surface area (Å²) in [7, 11) is 0. The molecule has 106 valence electrons. The van der Waals surface area contributed by atoms with Crippen LogP contribution < -0.4 is 10.1 Å². The number of carbonyl (C=O) groups is 1. The lowest BCUT2D eigenvalue weighted by Crippen LogP contribution is -2.26. The van der Waals surface area contributed by atoms with E-state index in [1.54, 1.807) is 24.3 Å². The van der Waals surface area contributed by atoms with E-state index >= 15 is 0 Å². The van der Waals surface area contributed by atoms with Gasteiger partial charge < -0.3 is 20.3 Å². The summed E-state index contributed by atoms with van der Waals surface area (Å²) >= 11 is 0. The molecule has 1 aromatic carbocycles. The van der Waals surface area contributed by atoms with Gasteiger partial charge >= 0.3 is 6.09 Å². The van der Waals surface area contributed by atoms with Crippen molar-refractivity contribution in [2.24, 2.45) is 5.92 Å². The SMILES string of the molecule is CC[C@H](C)COc1ccc([C@H](O)CNC(=O)O)cc1. The highest BCUT2D eigenvalue weighted by atomic mass is 16.5. The molecular formula is C14H21NO4. The van der Waals surface area contributed by atoms with Crippen LogP contribution in [0.4, 0.5) is 4.79 Å². The number of ether oxygens (including phenoxy) is 1. The van der Waals surface area contributed by atoms with Crippen LogP contribution in [-0.2, 0) is 0 Å². The molecule has 5 heteroatoms. The van der Waals surface area contributed by atoms with E-state index in [1.165, 1.54) is 0 Å². The molecule has 0 saturated carbocycles. The highest BCUT2D eigenvalue weighted by molar-refractivity contribution is 5.64. The van der Waals surface area contributed by atoms with E-state index in [4.69, 9.17) is 9.84 Å². The first-order chi connectivity index (χ1) is 9.02. The van der Waals surface area contributed by atoms with Gasteiger partial charge in [0.25, 0.3) is 0 Å². The number of amides is 1. The second-order valence-electron chi connectivity index (χ2n) is 4.60. The van der Waals surface area contributed by atoms with E-state index in [1.807, 2.05) is 0 Å². The van der Waals surface area contributed by atoms with Crippen molar-refractivity contribution in [3.05, 3.63) is 29.8 Å². The van der Waals surface area contributed by atoms with Crippen molar-refractivity contribution in [3.8, 4) is 5.75 Å². The van der Waals surface area contributed by atoms with Crippen LogP contribution in [0, 0.1) is 5.92 Å². The standard InChI is InChI=1S/C14H21NO4/c1-3-10(2)9-19-12-6-4-11(5-7-12)13(16)8-15-14(17)18/h4-7,10,13,15-16H,3,8-9H2,1-2H3,(H,17,18)/t10-,13+/m0/s1. The van der Waals surface area contributed by atoms with Gasteiger partial charge in [0.05, 0.1) is 19.3 Å². The smallest absolute Gasteiger partial charge is 0.404 e. The highest BCUT2D eigenvalue weighted by Crippen LogP contribution is 2.18. The minimum atomic E-state index is -1.15. The summed E-state index contributed by atoms with van der Waals surface area (Å²) in [6.45, 7) is 4.88. The third-order valence-corrected chi connectivity index (χ3v) is 2.94. The number of hydrogen-bond donors (Lipinski definition) is 3. The Labute approximate surface area is 113 Å². The van der Waals surface area contributed by atoms with Crippen LogP contribution in [0.25, 0.3) is 0 Å². The zero-order valence-corrected chi connectivity index (χ0v) is 11.3. The molecule has 0 heterocycles. The molecule has 0 radical (unpaired) electrons. The fraction of sp³-hybridized carbons (Fsp3) is 0.500. The molecular weight excluding hydrogens is 246 g/mol. The molecule has 1 rings (SSSR count). The summed E-state index contributed by atoms with van der Waals surface area (Å²) in [6.07, 6.45) is -0.926. The average Bonchev–Trinajstić information content (AvgIpc) is 2.42. The number of aliphatic hydroxyl groups is 1. The Bertz CT molecular complexity index is 391. The molecule has 19 heavy (non-hydrogen) atoms. The molecule has 0 saturated heterocycles. The number of nitrogens with one attached hydrogen (secondary N) is 1. The zero-order valence-electron chi connectivity index (χ0n) is 11.3. The van der Waals surface area contributed by atoms with Crippen molar-refractivity contribution < 1.29 is 19.7 Å². The van der Waals surface area contributed by atoms with E-state index in [0.717, 1.165) is 12.2 Å². The van der Waals surface area contributed by atoms with Gasteiger partial charge in [0.2, 0.25) is 0 Å². The highest BCUT2D eigenvalue weighted by Gasteiger charge is 2.09. The predicted molar refractivity (Wildman–Crippen MR) is 72.4 cm³/mol. The minimum Gasteiger partial charge on any atom is -0.493 e. The number of hydrogen-bond acceptors (Lipinski definition) is 3.